The summed E-state index contributed by atoms with van der Waals surface area (Å²) in [6.45, 7) is 4.22. The Morgan fingerprint density at radius 3 is 2.41 bits per heavy atom. The molecular formula is C31H33F2N3O3. The fourth-order valence-electron chi connectivity index (χ4n) is 4.41. The Hall–Kier alpha value is -3.88. The van der Waals surface area contributed by atoms with E-state index in [0.717, 1.165) is 23.6 Å². The first-order chi connectivity index (χ1) is 18.8. The van der Waals surface area contributed by atoms with Crippen molar-refractivity contribution in [3.63, 3.8) is 0 Å². The molecule has 1 amide bonds. The summed E-state index contributed by atoms with van der Waals surface area (Å²) in [5, 5.41) is 17.1. The maximum Gasteiger partial charge on any atom is 0.226 e. The van der Waals surface area contributed by atoms with Crippen molar-refractivity contribution in [2.45, 2.75) is 51.8 Å². The van der Waals surface area contributed by atoms with E-state index in [0.29, 0.717) is 29.5 Å². The van der Waals surface area contributed by atoms with E-state index >= 15 is 0 Å². The van der Waals surface area contributed by atoms with Gasteiger partial charge in [-0.3, -0.25) is 4.79 Å². The van der Waals surface area contributed by atoms with E-state index in [1.807, 2.05) is 48.5 Å². The average Bonchev–Trinajstić information content (AvgIpc) is 3.29. The first-order valence-electron chi connectivity index (χ1n) is 13.0. The smallest absolute Gasteiger partial charge is 0.226 e. The van der Waals surface area contributed by atoms with Gasteiger partial charge in [0.25, 0.3) is 0 Å². The first kappa shape index (κ1) is 28.1. The number of carbonyl (C=O) groups is 1. The fourth-order valence-corrected chi connectivity index (χ4v) is 4.41. The zero-order chi connectivity index (χ0) is 27.8. The van der Waals surface area contributed by atoms with Gasteiger partial charge >= 0.3 is 0 Å². The Kier molecular flexibility index (Phi) is 9.57. The minimum atomic E-state index is -1.02. The molecule has 0 radical (unpaired) electrons. The third-order valence-corrected chi connectivity index (χ3v) is 6.56. The van der Waals surface area contributed by atoms with Crippen LogP contribution in [0.1, 0.15) is 35.1 Å². The van der Waals surface area contributed by atoms with Crippen LogP contribution in [0.5, 0.6) is 0 Å². The standard InChI is InChI=1S/C31H33F2N3O3/c1-3-21-8-7-9-22(12-21)18-34-28(15-23-13-25(32)16-26(33)14-23)29(37)19-35-30(38)17-27-20(2)39-31(36-27)24-10-5-4-6-11-24/h4-14,16,28-29,34,37H,3,15,17-19H2,1-2H3,(H,35,38)/t28?,29-/m1/s1. The Morgan fingerprint density at radius 2 is 1.69 bits per heavy atom. The second-order valence-corrected chi connectivity index (χ2v) is 9.58. The van der Waals surface area contributed by atoms with Gasteiger partial charge < -0.3 is 20.2 Å². The quantitative estimate of drug-likeness (QED) is 0.241. The van der Waals surface area contributed by atoms with E-state index in [1.54, 1.807) is 6.92 Å². The van der Waals surface area contributed by atoms with Gasteiger partial charge in [-0.25, -0.2) is 13.8 Å². The number of nitrogens with one attached hydrogen (secondary N) is 2. The summed E-state index contributed by atoms with van der Waals surface area (Å²) in [4.78, 5) is 17.2. The molecule has 2 atom stereocenters. The summed E-state index contributed by atoms with van der Waals surface area (Å²) in [5.74, 6) is -0.697. The third-order valence-electron chi connectivity index (χ3n) is 6.56. The molecule has 3 N–H and O–H groups in total. The zero-order valence-electron chi connectivity index (χ0n) is 22.1. The molecular weight excluding hydrogens is 500 g/mol. The summed E-state index contributed by atoms with van der Waals surface area (Å²) in [6.07, 6.45) is 0.0354. The summed E-state index contributed by atoms with van der Waals surface area (Å²) in [6, 6.07) is 20.2. The van der Waals surface area contributed by atoms with Crippen LogP contribution in [-0.4, -0.2) is 34.7 Å². The van der Waals surface area contributed by atoms with Crippen molar-refractivity contribution < 1.29 is 23.1 Å². The number of aliphatic hydroxyl groups is 1. The van der Waals surface area contributed by atoms with Crippen LogP contribution < -0.4 is 10.6 Å². The molecule has 0 aliphatic heterocycles. The number of halogens is 2. The first-order valence-corrected chi connectivity index (χ1v) is 13.0. The van der Waals surface area contributed by atoms with Gasteiger partial charge in [0.1, 0.15) is 17.4 Å². The molecule has 0 fully saturated rings. The zero-order valence-corrected chi connectivity index (χ0v) is 22.1. The number of oxazole rings is 1. The molecule has 1 heterocycles. The van der Waals surface area contributed by atoms with Crippen LogP contribution in [0.15, 0.2) is 77.2 Å². The van der Waals surface area contributed by atoms with Crippen molar-refractivity contribution in [2.75, 3.05) is 6.54 Å². The minimum absolute atomic E-state index is 0.00804. The lowest BCUT2D eigenvalue weighted by Crippen LogP contribution is -2.47. The second kappa shape index (κ2) is 13.3. The normalized spacial score (nSPS) is 12.7. The van der Waals surface area contributed by atoms with Gasteiger partial charge in [-0.15, -0.1) is 0 Å². The number of hydrogen-bond donors (Lipinski definition) is 3. The second-order valence-electron chi connectivity index (χ2n) is 9.58. The Bertz CT molecular complexity index is 1370. The lowest BCUT2D eigenvalue weighted by molar-refractivity contribution is -0.121. The molecule has 6 nitrogen and oxygen atoms in total. The van der Waals surface area contributed by atoms with E-state index in [9.17, 15) is 18.7 Å². The molecule has 204 valence electrons. The summed E-state index contributed by atoms with van der Waals surface area (Å²) >= 11 is 0. The highest BCUT2D eigenvalue weighted by atomic mass is 19.1. The number of nitrogens with zero attached hydrogens (tertiary/aromatic N) is 1. The SMILES string of the molecule is CCc1cccc(CNC(Cc2cc(F)cc(F)c2)[C@H](O)CNC(=O)Cc2nc(-c3ccccc3)oc2C)c1. The number of aryl methyl sites for hydroxylation is 2. The van der Waals surface area contributed by atoms with Gasteiger partial charge in [0.05, 0.1) is 18.2 Å². The molecule has 0 bridgehead atoms. The molecule has 0 saturated heterocycles. The predicted molar refractivity (Wildman–Crippen MR) is 146 cm³/mol. The molecule has 4 aromatic rings. The Morgan fingerprint density at radius 1 is 0.974 bits per heavy atom. The highest BCUT2D eigenvalue weighted by molar-refractivity contribution is 5.78. The average molecular weight is 534 g/mol. The molecule has 8 heteroatoms. The molecule has 39 heavy (non-hydrogen) atoms. The summed E-state index contributed by atoms with van der Waals surface area (Å²) in [7, 11) is 0. The Labute approximate surface area is 227 Å². The molecule has 1 aromatic heterocycles. The number of aromatic nitrogens is 1. The number of hydrogen-bond acceptors (Lipinski definition) is 5. The van der Waals surface area contributed by atoms with Gasteiger partial charge in [0.15, 0.2) is 0 Å². The number of rotatable bonds is 12. The van der Waals surface area contributed by atoms with Crippen LogP contribution in [0.3, 0.4) is 0 Å². The van der Waals surface area contributed by atoms with Crippen LogP contribution in [0.25, 0.3) is 11.5 Å². The number of aliphatic hydroxyl groups excluding tert-OH is 1. The monoisotopic (exact) mass is 533 g/mol. The van der Waals surface area contributed by atoms with Crippen molar-refractivity contribution in [2.24, 2.45) is 0 Å². The van der Waals surface area contributed by atoms with Crippen molar-refractivity contribution in [1.82, 2.24) is 15.6 Å². The number of benzene rings is 3. The fraction of sp³-hybridized carbons (Fsp3) is 0.290. The van der Waals surface area contributed by atoms with E-state index in [-0.39, 0.29) is 25.3 Å². The van der Waals surface area contributed by atoms with Crippen LogP contribution in [0.4, 0.5) is 8.78 Å². The maximum atomic E-state index is 13.8. The van der Waals surface area contributed by atoms with Gasteiger partial charge in [-0.2, -0.15) is 0 Å². The largest absolute Gasteiger partial charge is 0.441 e. The van der Waals surface area contributed by atoms with Gasteiger partial charge in [-0.1, -0.05) is 49.4 Å². The van der Waals surface area contributed by atoms with Crippen LogP contribution >= 0.6 is 0 Å². The van der Waals surface area contributed by atoms with Crippen molar-refractivity contribution in [3.8, 4) is 11.5 Å². The van der Waals surface area contributed by atoms with E-state index in [2.05, 4.69) is 28.6 Å². The van der Waals surface area contributed by atoms with E-state index in [1.165, 1.54) is 17.7 Å². The maximum absolute atomic E-state index is 13.8. The molecule has 0 saturated carbocycles. The Balaban J connectivity index is 1.40. The lowest BCUT2D eigenvalue weighted by atomic mass is 10.00. The molecule has 0 aliphatic carbocycles. The molecule has 0 spiro atoms. The number of carbonyl (C=O) groups excluding carboxylic acids is 1. The van der Waals surface area contributed by atoms with Crippen molar-refractivity contribution in [3.05, 3.63) is 113 Å². The lowest BCUT2D eigenvalue weighted by Gasteiger charge is -2.25. The minimum Gasteiger partial charge on any atom is -0.441 e. The van der Waals surface area contributed by atoms with Crippen LogP contribution in [-0.2, 0) is 30.6 Å². The number of amides is 1. The van der Waals surface area contributed by atoms with Crippen LogP contribution in [0.2, 0.25) is 0 Å². The molecule has 3 aromatic carbocycles. The predicted octanol–water partition coefficient (Wildman–Crippen LogP) is 4.91. The topological polar surface area (TPSA) is 87.4 Å². The van der Waals surface area contributed by atoms with Gasteiger partial charge in [0.2, 0.25) is 11.8 Å². The summed E-state index contributed by atoms with van der Waals surface area (Å²) in [5.41, 5.74) is 3.95. The highest BCUT2D eigenvalue weighted by Gasteiger charge is 2.22. The third kappa shape index (κ3) is 8.05. The van der Waals surface area contributed by atoms with Crippen LogP contribution in [0, 0.1) is 18.6 Å². The van der Waals surface area contributed by atoms with E-state index in [4.69, 9.17) is 4.42 Å². The molecule has 4 rings (SSSR count). The highest BCUT2D eigenvalue weighted by Crippen LogP contribution is 2.21. The molecule has 1 unspecified atom stereocenters. The van der Waals surface area contributed by atoms with Gasteiger partial charge in [0, 0.05) is 30.8 Å². The molecule has 0 aliphatic rings. The van der Waals surface area contributed by atoms with Gasteiger partial charge in [-0.05, 0) is 60.7 Å². The van der Waals surface area contributed by atoms with Crippen molar-refractivity contribution in [1.29, 1.82) is 0 Å². The summed E-state index contributed by atoms with van der Waals surface area (Å²) < 4.78 is 33.4. The van der Waals surface area contributed by atoms with Crippen molar-refractivity contribution >= 4 is 5.91 Å². The van der Waals surface area contributed by atoms with E-state index < -0.39 is 23.8 Å².